The Bertz CT molecular complexity index is 591. The monoisotopic (exact) mass is 402 g/mol. The summed E-state index contributed by atoms with van der Waals surface area (Å²) in [5.41, 5.74) is 1.06. The van der Waals surface area contributed by atoms with Crippen molar-refractivity contribution in [2.45, 2.75) is 45.1 Å². The molecule has 2 saturated heterocycles. The van der Waals surface area contributed by atoms with Crippen LogP contribution in [0.5, 0.6) is 0 Å². The maximum absolute atomic E-state index is 12.5. The number of carbonyl (C=O) groups is 2. The molecule has 2 N–H and O–H groups in total. The molecule has 2 fully saturated rings. The normalized spacial score (nSPS) is 22.1. The Morgan fingerprint density at radius 1 is 1.27 bits per heavy atom. The van der Waals surface area contributed by atoms with E-state index in [0.29, 0.717) is 24.8 Å². The van der Waals surface area contributed by atoms with E-state index in [2.05, 4.69) is 15.6 Å². The van der Waals surface area contributed by atoms with Gasteiger partial charge in [0.05, 0.1) is 5.92 Å². The Morgan fingerprint density at radius 3 is 2.73 bits per heavy atom. The number of hydrogen-bond donors (Lipinski definition) is 2. The van der Waals surface area contributed by atoms with Gasteiger partial charge in [-0.25, -0.2) is 4.98 Å². The van der Waals surface area contributed by atoms with E-state index >= 15 is 0 Å². The van der Waals surface area contributed by atoms with Gasteiger partial charge in [0, 0.05) is 31.7 Å². The zero-order chi connectivity index (χ0) is 16.9. The van der Waals surface area contributed by atoms with Crippen LogP contribution in [0.15, 0.2) is 18.3 Å². The predicted molar refractivity (Wildman–Crippen MR) is 107 cm³/mol. The molecule has 2 aliphatic heterocycles. The van der Waals surface area contributed by atoms with Crippen molar-refractivity contribution < 1.29 is 9.59 Å². The van der Waals surface area contributed by atoms with Crippen molar-refractivity contribution in [2.75, 3.05) is 25.0 Å². The summed E-state index contributed by atoms with van der Waals surface area (Å²) in [5.74, 6) is 0.551. The molecule has 8 heteroatoms. The molecule has 0 aliphatic carbocycles. The number of likely N-dealkylation sites (tertiary alicyclic amines) is 1. The SMILES string of the molecule is Cc1ccc(NC(=O)C2CCCN(C(=O)CC3CCCN3)C2)nc1.Cl.Cl. The zero-order valence-electron chi connectivity index (χ0n) is 15.1. The fourth-order valence-corrected chi connectivity index (χ4v) is 3.46. The topological polar surface area (TPSA) is 74.3 Å². The Morgan fingerprint density at radius 2 is 2.08 bits per heavy atom. The van der Waals surface area contributed by atoms with Crippen molar-refractivity contribution in [1.82, 2.24) is 15.2 Å². The summed E-state index contributed by atoms with van der Waals surface area (Å²) in [6.07, 6.45) is 6.20. The van der Waals surface area contributed by atoms with Gasteiger partial charge >= 0.3 is 0 Å². The summed E-state index contributed by atoms with van der Waals surface area (Å²) in [6, 6.07) is 4.04. The number of nitrogens with one attached hydrogen (secondary N) is 2. The summed E-state index contributed by atoms with van der Waals surface area (Å²) in [6.45, 7) is 4.25. The number of hydrogen-bond acceptors (Lipinski definition) is 4. The molecule has 3 rings (SSSR count). The maximum atomic E-state index is 12.5. The number of pyridine rings is 1. The Balaban J connectivity index is 0.00000169. The minimum absolute atomic E-state index is 0. The molecule has 2 aliphatic rings. The lowest BCUT2D eigenvalue weighted by Gasteiger charge is -2.32. The number of halogens is 2. The van der Waals surface area contributed by atoms with E-state index in [4.69, 9.17) is 0 Å². The van der Waals surface area contributed by atoms with Crippen LogP contribution in [-0.2, 0) is 9.59 Å². The highest BCUT2D eigenvalue weighted by molar-refractivity contribution is 5.92. The fourth-order valence-electron chi connectivity index (χ4n) is 3.46. The van der Waals surface area contributed by atoms with Gasteiger partial charge in [-0.3, -0.25) is 9.59 Å². The lowest BCUT2D eigenvalue weighted by molar-refractivity contribution is -0.135. The molecule has 0 radical (unpaired) electrons. The number of aryl methyl sites for hydroxylation is 1. The summed E-state index contributed by atoms with van der Waals surface area (Å²) in [4.78, 5) is 31.0. The third-order valence-electron chi connectivity index (χ3n) is 4.89. The lowest BCUT2D eigenvalue weighted by Crippen LogP contribution is -2.45. The van der Waals surface area contributed by atoms with E-state index in [1.165, 1.54) is 0 Å². The summed E-state index contributed by atoms with van der Waals surface area (Å²) < 4.78 is 0. The molecule has 0 aromatic carbocycles. The molecule has 26 heavy (non-hydrogen) atoms. The maximum Gasteiger partial charge on any atom is 0.230 e. The van der Waals surface area contributed by atoms with Crippen LogP contribution < -0.4 is 10.6 Å². The van der Waals surface area contributed by atoms with Crippen LogP contribution in [0.25, 0.3) is 0 Å². The molecule has 0 saturated carbocycles. The van der Waals surface area contributed by atoms with Gasteiger partial charge in [0.1, 0.15) is 5.82 Å². The van der Waals surface area contributed by atoms with Gasteiger partial charge in [-0.2, -0.15) is 0 Å². The number of nitrogens with zero attached hydrogens (tertiary/aromatic N) is 2. The van der Waals surface area contributed by atoms with Crippen LogP contribution in [0.4, 0.5) is 5.82 Å². The molecule has 0 spiro atoms. The molecule has 0 bridgehead atoms. The second kappa shape index (κ2) is 10.7. The van der Waals surface area contributed by atoms with Crippen LogP contribution in [0, 0.1) is 12.8 Å². The number of anilines is 1. The van der Waals surface area contributed by atoms with Crippen molar-refractivity contribution in [3.05, 3.63) is 23.9 Å². The van der Waals surface area contributed by atoms with E-state index < -0.39 is 0 Å². The molecular formula is C18H28Cl2N4O2. The highest BCUT2D eigenvalue weighted by Gasteiger charge is 2.30. The molecule has 2 amide bonds. The van der Waals surface area contributed by atoms with Crippen LogP contribution in [0.1, 0.15) is 37.7 Å². The third kappa shape index (κ3) is 6.11. The summed E-state index contributed by atoms with van der Waals surface area (Å²) in [5, 5.41) is 6.23. The second-order valence-electron chi connectivity index (χ2n) is 6.89. The van der Waals surface area contributed by atoms with Gasteiger partial charge in [-0.15, -0.1) is 24.8 Å². The standard InChI is InChI=1S/C18H26N4O2.2ClH/c1-13-6-7-16(20-11-13)21-18(24)14-4-3-9-22(12-14)17(23)10-15-5-2-8-19-15;;/h6-7,11,14-15,19H,2-5,8-10,12H2,1H3,(H,20,21,24);2*1H. The van der Waals surface area contributed by atoms with Gasteiger partial charge in [-0.05, 0) is 50.8 Å². The first kappa shape index (κ1) is 22.7. The van der Waals surface area contributed by atoms with Gasteiger partial charge in [0.25, 0.3) is 0 Å². The van der Waals surface area contributed by atoms with E-state index in [0.717, 1.165) is 44.3 Å². The quantitative estimate of drug-likeness (QED) is 0.811. The molecule has 3 heterocycles. The first-order chi connectivity index (χ1) is 11.6. The van der Waals surface area contributed by atoms with Crippen LogP contribution in [0.2, 0.25) is 0 Å². The molecule has 2 unspecified atom stereocenters. The molecule has 6 nitrogen and oxygen atoms in total. The van der Waals surface area contributed by atoms with E-state index in [-0.39, 0.29) is 42.5 Å². The van der Waals surface area contributed by atoms with E-state index in [9.17, 15) is 9.59 Å². The number of amides is 2. The van der Waals surface area contributed by atoms with Crippen LogP contribution in [-0.4, -0.2) is 47.4 Å². The second-order valence-corrected chi connectivity index (χ2v) is 6.89. The zero-order valence-corrected chi connectivity index (χ0v) is 16.7. The van der Waals surface area contributed by atoms with Crippen LogP contribution in [0.3, 0.4) is 0 Å². The lowest BCUT2D eigenvalue weighted by atomic mass is 9.96. The fraction of sp³-hybridized carbons (Fsp3) is 0.611. The van der Waals surface area contributed by atoms with Crippen molar-refractivity contribution in [2.24, 2.45) is 5.92 Å². The molecule has 1 aromatic rings. The van der Waals surface area contributed by atoms with Gasteiger partial charge < -0.3 is 15.5 Å². The number of rotatable bonds is 4. The van der Waals surface area contributed by atoms with Gasteiger partial charge in [-0.1, -0.05) is 6.07 Å². The highest BCUT2D eigenvalue weighted by atomic mass is 35.5. The smallest absolute Gasteiger partial charge is 0.230 e. The average molecular weight is 403 g/mol. The summed E-state index contributed by atoms with van der Waals surface area (Å²) >= 11 is 0. The number of piperidine rings is 1. The number of carbonyl (C=O) groups excluding carboxylic acids is 2. The van der Waals surface area contributed by atoms with E-state index in [1.807, 2.05) is 24.0 Å². The summed E-state index contributed by atoms with van der Waals surface area (Å²) in [7, 11) is 0. The number of aromatic nitrogens is 1. The van der Waals surface area contributed by atoms with Gasteiger partial charge in [0.15, 0.2) is 0 Å². The highest BCUT2D eigenvalue weighted by Crippen LogP contribution is 2.20. The predicted octanol–water partition coefficient (Wildman–Crippen LogP) is 2.55. The Hall–Kier alpha value is -1.37. The Labute approximate surface area is 167 Å². The van der Waals surface area contributed by atoms with Crippen LogP contribution >= 0.6 is 24.8 Å². The average Bonchev–Trinajstić information content (AvgIpc) is 3.10. The first-order valence-electron chi connectivity index (χ1n) is 8.86. The molecule has 146 valence electrons. The molecule has 1 aromatic heterocycles. The van der Waals surface area contributed by atoms with Gasteiger partial charge in [0.2, 0.25) is 11.8 Å². The minimum atomic E-state index is -0.151. The van der Waals surface area contributed by atoms with Crippen molar-refractivity contribution in [1.29, 1.82) is 0 Å². The molecule has 2 atom stereocenters. The van der Waals surface area contributed by atoms with E-state index in [1.54, 1.807) is 6.20 Å². The minimum Gasteiger partial charge on any atom is -0.342 e. The third-order valence-corrected chi connectivity index (χ3v) is 4.89. The Kier molecular flexibility index (Phi) is 9.33. The van der Waals surface area contributed by atoms with Crippen molar-refractivity contribution in [3.8, 4) is 0 Å². The molecular weight excluding hydrogens is 375 g/mol. The largest absolute Gasteiger partial charge is 0.342 e. The van der Waals surface area contributed by atoms with Crippen molar-refractivity contribution >= 4 is 42.4 Å². The van der Waals surface area contributed by atoms with Crippen molar-refractivity contribution in [3.63, 3.8) is 0 Å². The first-order valence-corrected chi connectivity index (χ1v) is 8.86.